The van der Waals surface area contributed by atoms with E-state index >= 15 is 0 Å². The van der Waals surface area contributed by atoms with Crippen LogP contribution in [0.3, 0.4) is 0 Å². The van der Waals surface area contributed by atoms with Crippen LogP contribution in [0.4, 0.5) is 0 Å². The van der Waals surface area contributed by atoms with Gasteiger partial charge < -0.3 is 0 Å². The molecule has 0 spiro atoms. The summed E-state index contributed by atoms with van der Waals surface area (Å²) in [4.78, 5) is 26.5. The molecule has 6 heterocycles. The zero-order valence-electron chi connectivity index (χ0n) is 76.4. The third kappa shape index (κ3) is 18.9. The summed E-state index contributed by atoms with van der Waals surface area (Å²) in [5, 5.41) is 20.3. The van der Waals surface area contributed by atoms with E-state index < -0.39 is 0 Å². The Bertz CT molecular complexity index is 7060. The summed E-state index contributed by atoms with van der Waals surface area (Å²) >= 11 is 0. The highest BCUT2D eigenvalue weighted by molar-refractivity contribution is 6.10. The van der Waals surface area contributed by atoms with Crippen LogP contribution in [-0.4, -0.2) is 29.9 Å². The molecule has 0 fully saturated rings. The molecule has 22 aromatic rings. The fraction of sp³-hybridized carbons (Fsp3) is 0.145. The number of pyridine rings is 6. The molecule has 0 radical (unpaired) electrons. The number of nitrogens with zero attached hydrogens (tertiary/aromatic N) is 6. The average molecular weight is 1680 g/mol. The summed E-state index contributed by atoms with van der Waals surface area (Å²) in [5.74, 6) is 3.21. The van der Waals surface area contributed by atoms with E-state index in [0.29, 0.717) is 35.5 Å². The second-order valence-electron chi connectivity index (χ2n) is 35.5. The molecule has 6 heteroatoms. The normalized spacial score (nSPS) is 11.3. The molecule has 0 aliphatic rings. The van der Waals surface area contributed by atoms with Gasteiger partial charge >= 0.3 is 0 Å². The van der Waals surface area contributed by atoms with Crippen LogP contribution in [0.15, 0.2) is 414 Å². The van der Waals surface area contributed by atoms with Crippen LogP contribution in [0.1, 0.15) is 152 Å². The maximum atomic E-state index is 4.62. The first-order valence-corrected chi connectivity index (χ1v) is 45.8. The molecule has 0 aliphatic carbocycles. The molecule has 0 amide bonds. The molecule has 6 aromatic heterocycles. The van der Waals surface area contributed by atoms with Gasteiger partial charge in [-0.3, -0.25) is 29.9 Å². The fourth-order valence-electron chi connectivity index (χ4n) is 18.3. The molecule has 636 valence electrons. The molecule has 6 nitrogen and oxygen atoms in total. The van der Waals surface area contributed by atoms with Gasteiger partial charge in [0.1, 0.15) is 0 Å². The molecule has 0 bridgehead atoms. The lowest BCUT2D eigenvalue weighted by Crippen LogP contribution is -1.92. The summed E-state index contributed by atoms with van der Waals surface area (Å²) in [6.07, 6.45) is 15.0. The number of hydrogen-bond acceptors (Lipinski definition) is 6. The predicted molar refractivity (Wildman–Crippen MR) is 558 cm³/mol. The van der Waals surface area contributed by atoms with E-state index in [1.54, 1.807) is 0 Å². The Labute approximate surface area is 765 Å². The Morgan fingerprint density at radius 2 is 0.508 bits per heavy atom. The Kier molecular flexibility index (Phi) is 26.7. The maximum absolute atomic E-state index is 4.62. The van der Waals surface area contributed by atoms with Crippen molar-refractivity contribution in [2.75, 3.05) is 0 Å². The summed E-state index contributed by atoms with van der Waals surface area (Å²) in [6.45, 7) is 26.9. The molecular formula is C124H110N6. The van der Waals surface area contributed by atoms with Gasteiger partial charge in [0.05, 0.1) is 22.1 Å². The van der Waals surface area contributed by atoms with Gasteiger partial charge in [-0.15, -0.1) is 0 Å². The van der Waals surface area contributed by atoms with E-state index in [2.05, 4.69) is 453 Å². The predicted octanol–water partition coefficient (Wildman–Crippen LogP) is 34.8. The summed E-state index contributed by atoms with van der Waals surface area (Å²) in [7, 11) is 0. The zero-order chi connectivity index (χ0) is 89.7. The van der Waals surface area contributed by atoms with Crippen LogP contribution < -0.4 is 0 Å². The van der Waals surface area contributed by atoms with Crippen molar-refractivity contribution in [3.8, 4) is 66.8 Å². The van der Waals surface area contributed by atoms with Crippen molar-refractivity contribution < 1.29 is 0 Å². The first kappa shape index (κ1) is 87.1. The van der Waals surface area contributed by atoms with Crippen LogP contribution >= 0.6 is 0 Å². The standard InChI is InChI=1S/4C22H19N.2C18H17N/c1-15(2)17-12-13-20(19-10-4-3-9-18(17)19)21-11-5-7-16-8-6-14-23-22(16)21;1-15(2)16-12-13-20(18-8-4-3-7-17(16)18)19-9-5-11-22-21(19)10-6-14-23-22;1-15(2)17-10-11-22(21-8-4-3-7-19(17)21)20-9-5-6-16-14-23-13-12-18(16)20;1-15(2)17-10-11-21(19-8-4-3-7-18(17)19)20-9-5-6-16-12-13-23-14-22(16)20;1-13(2)14-8-10-15(11-9-14)16-5-3-7-18-17(16)6-4-12-19-18;1-13(2)14-5-7-15(8-6-14)17-10-9-16-4-3-11-19-18(16)12-17/h4*3-15H,1-2H3;2*3-13H,1-2H3. The average Bonchev–Trinajstić information content (AvgIpc) is 0.774. The minimum absolute atomic E-state index is 0.514. The largest absolute Gasteiger partial charge is 0.264 e. The first-order valence-electron chi connectivity index (χ1n) is 45.8. The van der Waals surface area contributed by atoms with E-state index in [4.69, 9.17) is 0 Å². The van der Waals surface area contributed by atoms with Crippen molar-refractivity contribution in [1.29, 1.82) is 0 Å². The highest BCUT2D eigenvalue weighted by atomic mass is 14.7. The molecular weight excluding hydrogens is 1570 g/mol. The van der Waals surface area contributed by atoms with Crippen LogP contribution in [0.25, 0.3) is 175 Å². The van der Waals surface area contributed by atoms with Gasteiger partial charge in [-0.1, -0.05) is 392 Å². The molecule has 0 atom stereocenters. The Morgan fingerprint density at radius 1 is 0.169 bits per heavy atom. The number of benzene rings is 16. The van der Waals surface area contributed by atoms with Crippen molar-refractivity contribution in [2.24, 2.45) is 0 Å². The second-order valence-corrected chi connectivity index (χ2v) is 35.5. The molecule has 0 aliphatic heterocycles. The van der Waals surface area contributed by atoms with Crippen LogP contribution in [-0.2, 0) is 0 Å². The van der Waals surface area contributed by atoms with Gasteiger partial charge in [-0.25, -0.2) is 0 Å². The highest BCUT2D eigenvalue weighted by Gasteiger charge is 2.19. The van der Waals surface area contributed by atoms with Crippen LogP contribution in [0.2, 0.25) is 0 Å². The van der Waals surface area contributed by atoms with E-state index in [9.17, 15) is 0 Å². The minimum Gasteiger partial charge on any atom is -0.264 e. The van der Waals surface area contributed by atoms with E-state index in [0.717, 1.165) is 22.1 Å². The van der Waals surface area contributed by atoms with E-state index in [-0.39, 0.29) is 0 Å². The summed E-state index contributed by atoms with van der Waals surface area (Å²) < 4.78 is 0. The van der Waals surface area contributed by atoms with Crippen molar-refractivity contribution in [3.63, 3.8) is 0 Å². The molecule has 0 unspecified atom stereocenters. The van der Waals surface area contributed by atoms with Gasteiger partial charge in [0.15, 0.2) is 0 Å². The topological polar surface area (TPSA) is 77.3 Å². The minimum atomic E-state index is 0.514. The highest BCUT2D eigenvalue weighted by Crippen LogP contribution is 2.43. The smallest absolute Gasteiger partial charge is 0.0780 e. The van der Waals surface area contributed by atoms with Crippen LogP contribution in [0.5, 0.6) is 0 Å². The van der Waals surface area contributed by atoms with Gasteiger partial charge in [-0.2, -0.15) is 0 Å². The lowest BCUT2D eigenvalue weighted by molar-refractivity contribution is 0.867. The van der Waals surface area contributed by atoms with Crippen molar-refractivity contribution in [1.82, 2.24) is 29.9 Å². The molecule has 22 rings (SSSR count). The molecule has 0 saturated heterocycles. The Hall–Kier alpha value is -15.0. The number of aromatic nitrogens is 6. The van der Waals surface area contributed by atoms with Crippen molar-refractivity contribution in [2.45, 2.75) is 119 Å². The molecule has 130 heavy (non-hydrogen) atoms. The number of fused-ring (bicyclic) bond motifs is 10. The number of para-hydroxylation sites is 1. The van der Waals surface area contributed by atoms with Crippen LogP contribution in [0, 0.1) is 0 Å². The van der Waals surface area contributed by atoms with Gasteiger partial charge in [0.25, 0.3) is 0 Å². The zero-order valence-corrected chi connectivity index (χ0v) is 76.4. The second kappa shape index (κ2) is 39.9. The third-order valence-electron chi connectivity index (χ3n) is 25.2. The van der Waals surface area contributed by atoms with Gasteiger partial charge in [0, 0.05) is 87.5 Å². The summed E-state index contributed by atoms with van der Waals surface area (Å²) in [6, 6.07) is 130. The lowest BCUT2D eigenvalue weighted by atomic mass is 9.89. The number of hydrogen-bond donors (Lipinski definition) is 0. The Balaban J connectivity index is 0.000000110. The lowest BCUT2D eigenvalue weighted by Gasteiger charge is -2.15. The monoisotopic (exact) mass is 1680 g/mol. The maximum Gasteiger partial charge on any atom is 0.0780 e. The SMILES string of the molecule is CC(C)c1ccc(-c2ccc3cccnc3c2)cc1.CC(C)c1ccc(-c2cccc3cccnc23)c2ccccc12.CC(C)c1ccc(-c2cccc3ccncc23)c2ccccc12.CC(C)c1ccc(-c2cccc3cnccc23)c2ccccc12.CC(C)c1ccc(-c2cccc3ncccc23)c2ccccc12.CC(C)c1ccc(-c2cccc3ncccc23)cc1. The van der Waals surface area contributed by atoms with Crippen molar-refractivity contribution in [3.05, 3.63) is 447 Å². The molecule has 0 N–H and O–H groups in total. The van der Waals surface area contributed by atoms with Gasteiger partial charge in [0.2, 0.25) is 0 Å². The van der Waals surface area contributed by atoms with Crippen molar-refractivity contribution >= 4 is 108 Å². The number of rotatable bonds is 12. The first-order chi connectivity index (χ1) is 63.5. The fourth-order valence-corrected chi connectivity index (χ4v) is 18.3. The molecule has 16 aromatic carbocycles. The quantitative estimate of drug-likeness (QED) is 0.121. The van der Waals surface area contributed by atoms with E-state index in [1.807, 2.05) is 73.8 Å². The molecule has 0 saturated carbocycles. The van der Waals surface area contributed by atoms with Gasteiger partial charge in [-0.05, 0) is 239 Å². The Morgan fingerprint density at radius 3 is 0.992 bits per heavy atom. The third-order valence-corrected chi connectivity index (χ3v) is 25.2. The van der Waals surface area contributed by atoms with E-state index in [1.165, 1.54) is 186 Å². The summed E-state index contributed by atoms with van der Waals surface area (Å²) in [5.41, 5.74) is 27.7.